The van der Waals surface area contributed by atoms with Gasteiger partial charge in [0.1, 0.15) is 0 Å². The van der Waals surface area contributed by atoms with Gasteiger partial charge in [0.15, 0.2) is 0 Å². The molecule has 0 heterocycles. The second-order valence-corrected chi connectivity index (χ2v) is 0. The molecule has 0 amide bonds. The second-order valence-electron chi connectivity index (χ2n) is 0. The van der Waals surface area contributed by atoms with E-state index in [1.54, 1.807) is 0 Å². The standard InChI is InChI=1S/Co.H3N.2H2O/h;1H3;2*1H2. The zero-order valence-electron chi connectivity index (χ0n) is 2.04. The van der Waals surface area contributed by atoms with E-state index < -0.39 is 0 Å². The predicted molar refractivity (Wildman–Crippen MR) is 12.2 cm³/mol. The Morgan fingerprint density at radius 1 is 0.750 bits per heavy atom. The third kappa shape index (κ3) is 30.7. The molecule has 0 unspecified atom stereocenters. The summed E-state index contributed by atoms with van der Waals surface area (Å²) in [5.41, 5.74) is 0. The van der Waals surface area contributed by atoms with Crippen LogP contribution in [0.5, 0.6) is 0 Å². The molecule has 1 radical (unpaired) electrons. The first-order valence-corrected chi connectivity index (χ1v) is 0. The molecule has 0 rings (SSSR count). The van der Waals surface area contributed by atoms with Crippen molar-refractivity contribution in [3.05, 3.63) is 0 Å². The van der Waals surface area contributed by atoms with Gasteiger partial charge >= 0.3 is 0 Å². The third-order valence-corrected chi connectivity index (χ3v) is 0. The summed E-state index contributed by atoms with van der Waals surface area (Å²) in [6.45, 7) is 0. The fourth-order valence-electron chi connectivity index (χ4n) is 0. The fraction of sp³-hybridized carbons (Fsp3) is 0. The van der Waals surface area contributed by atoms with Gasteiger partial charge in [-0.3, -0.25) is 0 Å². The van der Waals surface area contributed by atoms with E-state index in [0.29, 0.717) is 0 Å². The van der Waals surface area contributed by atoms with E-state index in [2.05, 4.69) is 0 Å². The molecule has 0 saturated heterocycles. The van der Waals surface area contributed by atoms with Gasteiger partial charge in [0.25, 0.3) is 0 Å². The van der Waals surface area contributed by atoms with Crippen molar-refractivity contribution in [2.24, 2.45) is 0 Å². The zero-order valence-corrected chi connectivity index (χ0v) is 3.08. The summed E-state index contributed by atoms with van der Waals surface area (Å²) in [6.07, 6.45) is 0. The smallest absolute Gasteiger partial charge is 0 e. The van der Waals surface area contributed by atoms with Crippen molar-refractivity contribution in [2.45, 2.75) is 0 Å². The van der Waals surface area contributed by atoms with Crippen LogP contribution < -0.4 is 6.15 Å². The molecule has 0 aliphatic carbocycles. The summed E-state index contributed by atoms with van der Waals surface area (Å²) in [4.78, 5) is 0. The maximum Gasteiger partial charge on any atom is 0 e. The molecule has 0 fully saturated rings. The van der Waals surface area contributed by atoms with E-state index >= 15 is 0 Å². The van der Waals surface area contributed by atoms with Crippen LogP contribution in [0.15, 0.2) is 0 Å². The Morgan fingerprint density at radius 2 is 0.750 bits per heavy atom. The summed E-state index contributed by atoms with van der Waals surface area (Å²) in [6, 6.07) is 0. The monoisotopic (exact) mass is 112 g/mol. The molecule has 7 N–H and O–H groups in total. The molecule has 4 heavy (non-hydrogen) atoms. The van der Waals surface area contributed by atoms with Crippen LogP contribution in [0, 0.1) is 0 Å². The SMILES string of the molecule is N.O.O.[Co]. The summed E-state index contributed by atoms with van der Waals surface area (Å²) in [7, 11) is 0. The first kappa shape index (κ1) is 337. The minimum atomic E-state index is 0. The molecule has 0 atom stereocenters. The first-order chi connectivity index (χ1) is 0. The van der Waals surface area contributed by atoms with E-state index in [-0.39, 0.29) is 33.9 Å². The van der Waals surface area contributed by atoms with Crippen molar-refractivity contribution >= 4 is 0 Å². The maximum absolute atomic E-state index is 0. The third-order valence-electron chi connectivity index (χ3n) is 0. The van der Waals surface area contributed by atoms with Crippen LogP contribution in [0.4, 0.5) is 0 Å². The predicted octanol–water partition coefficient (Wildman–Crippen LogP) is -1.49. The van der Waals surface area contributed by atoms with Gasteiger partial charge in [-0.05, 0) is 0 Å². The zero-order chi connectivity index (χ0) is 0. The molecule has 0 aliphatic rings. The molecular formula is H7CoNO2. The van der Waals surface area contributed by atoms with Gasteiger partial charge in [-0.2, -0.15) is 0 Å². The maximum atomic E-state index is 0. The van der Waals surface area contributed by atoms with Crippen LogP contribution in [0.25, 0.3) is 0 Å². The van der Waals surface area contributed by atoms with Gasteiger partial charge in [-0.15, -0.1) is 0 Å². The van der Waals surface area contributed by atoms with Crippen LogP contribution in [0.2, 0.25) is 0 Å². The molecule has 0 aromatic rings. The molecule has 3 nitrogen and oxygen atoms in total. The summed E-state index contributed by atoms with van der Waals surface area (Å²) in [5.74, 6) is 0. The van der Waals surface area contributed by atoms with Crippen molar-refractivity contribution in [3.8, 4) is 0 Å². The van der Waals surface area contributed by atoms with Crippen molar-refractivity contribution in [2.75, 3.05) is 0 Å². The topological polar surface area (TPSA) is 98.0 Å². The van der Waals surface area contributed by atoms with Gasteiger partial charge in [-0.25, -0.2) is 0 Å². The molecular weight excluding hydrogens is 105 g/mol. The average Bonchev–Trinajstić information content (AvgIpc) is 0. The van der Waals surface area contributed by atoms with Crippen molar-refractivity contribution in [3.63, 3.8) is 0 Å². The Morgan fingerprint density at radius 3 is 0.750 bits per heavy atom. The van der Waals surface area contributed by atoms with Gasteiger partial charge in [0.05, 0.1) is 0 Å². The summed E-state index contributed by atoms with van der Waals surface area (Å²) < 4.78 is 0. The summed E-state index contributed by atoms with van der Waals surface area (Å²) >= 11 is 0. The number of hydrogen-bond donors (Lipinski definition) is 1. The molecule has 0 bridgehead atoms. The molecule has 0 aliphatic heterocycles. The van der Waals surface area contributed by atoms with Gasteiger partial charge in [0.2, 0.25) is 0 Å². The Hall–Kier alpha value is 0.386. The number of rotatable bonds is 0. The Bertz CT molecular complexity index is 6.00. The van der Waals surface area contributed by atoms with Gasteiger partial charge in [-0.1, -0.05) is 0 Å². The normalized spacial score (nSPS) is 0. The molecule has 4 heteroatoms. The van der Waals surface area contributed by atoms with Crippen LogP contribution in [0.1, 0.15) is 0 Å². The van der Waals surface area contributed by atoms with E-state index in [1.165, 1.54) is 0 Å². The van der Waals surface area contributed by atoms with Crippen LogP contribution >= 0.6 is 0 Å². The van der Waals surface area contributed by atoms with Crippen LogP contribution in [-0.4, -0.2) is 11.0 Å². The van der Waals surface area contributed by atoms with E-state index in [0.717, 1.165) is 0 Å². The van der Waals surface area contributed by atoms with Crippen LogP contribution in [0.3, 0.4) is 0 Å². The van der Waals surface area contributed by atoms with Crippen molar-refractivity contribution < 1.29 is 27.7 Å². The van der Waals surface area contributed by atoms with Crippen molar-refractivity contribution in [1.82, 2.24) is 6.15 Å². The Balaban J connectivity index is 0. The first-order valence-electron chi connectivity index (χ1n) is 0. The molecule has 0 spiro atoms. The van der Waals surface area contributed by atoms with E-state index in [9.17, 15) is 0 Å². The summed E-state index contributed by atoms with van der Waals surface area (Å²) in [5, 5.41) is 0. The van der Waals surface area contributed by atoms with E-state index in [1.807, 2.05) is 0 Å². The second kappa shape index (κ2) is 129. The number of hydrogen-bond acceptors (Lipinski definition) is 1. The Labute approximate surface area is 34.8 Å². The van der Waals surface area contributed by atoms with Gasteiger partial charge in [0, 0.05) is 16.8 Å². The van der Waals surface area contributed by atoms with Crippen LogP contribution in [-0.2, 0) is 16.8 Å². The molecule has 0 aromatic carbocycles. The largest absolute Gasteiger partial charge is 0.412 e. The van der Waals surface area contributed by atoms with Gasteiger partial charge < -0.3 is 17.1 Å². The molecule has 0 saturated carbocycles. The quantitative estimate of drug-likeness (QED) is 0.405. The van der Waals surface area contributed by atoms with E-state index in [4.69, 9.17) is 0 Å². The minimum Gasteiger partial charge on any atom is -0.412 e. The molecule has 33 valence electrons. The molecule has 0 aromatic heterocycles. The minimum absolute atomic E-state index is 0. The average molecular weight is 112 g/mol. The fourth-order valence-corrected chi connectivity index (χ4v) is 0. The Kier molecular flexibility index (Phi) is 10900. The van der Waals surface area contributed by atoms with Crippen molar-refractivity contribution in [1.29, 1.82) is 0 Å².